The van der Waals surface area contributed by atoms with E-state index in [9.17, 15) is 14.4 Å². The van der Waals surface area contributed by atoms with Gasteiger partial charge in [-0.15, -0.1) is 0 Å². The zero-order valence-electron chi connectivity index (χ0n) is 13.4. The Morgan fingerprint density at radius 3 is 2.58 bits per heavy atom. The lowest BCUT2D eigenvalue weighted by atomic mass is 9.85. The molecular weight excluding hydrogens is 328 g/mol. The number of rotatable bonds is 4. The van der Waals surface area contributed by atoms with E-state index >= 15 is 0 Å². The van der Waals surface area contributed by atoms with Crippen molar-refractivity contribution in [2.45, 2.75) is 26.2 Å². The molecule has 1 aromatic carbocycles. The van der Waals surface area contributed by atoms with Crippen LogP contribution in [0.25, 0.3) is 0 Å². The molecular formula is C18H19ClN2O3. The van der Waals surface area contributed by atoms with E-state index in [-0.39, 0.29) is 42.5 Å². The van der Waals surface area contributed by atoms with Crippen molar-refractivity contribution < 1.29 is 14.4 Å². The number of aryl methyl sites for hydroxylation is 1. The molecule has 0 radical (unpaired) electrons. The van der Waals surface area contributed by atoms with Crippen molar-refractivity contribution in [3.05, 3.63) is 40.9 Å². The Hall–Kier alpha value is -2.14. The minimum Gasteiger partial charge on any atom is -0.326 e. The monoisotopic (exact) mass is 346 g/mol. The minimum absolute atomic E-state index is 0.0892. The van der Waals surface area contributed by atoms with Gasteiger partial charge < -0.3 is 5.32 Å². The number of amides is 3. The molecule has 0 spiro atoms. The summed E-state index contributed by atoms with van der Waals surface area (Å²) >= 11 is 5.99. The number of carbonyl (C=O) groups is 3. The van der Waals surface area contributed by atoms with Gasteiger partial charge in [-0.2, -0.15) is 0 Å². The number of hydrogen-bond donors (Lipinski definition) is 1. The SMILES string of the molecule is Cc1ccc(NC(=O)CCN2C(=O)[C@H]3CC(Cl)=CC[C@H]3C2=O)cc1. The molecule has 126 valence electrons. The number of anilines is 1. The molecule has 1 N–H and O–H groups in total. The lowest BCUT2D eigenvalue weighted by molar-refractivity contribution is -0.140. The summed E-state index contributed by atoms with van der Waals surface area (Å²) in [6.07, 6.45) is 2.82. The number of benzene rings is 1. The van der Waals surface area contributed by atoms with Crippen LogP contribution in [0.15, 0.2) is 35.4 Å². The highest BCUT2D eigenvalue weighted by Crippen LogP contribution is 2.38. The fourth-order valence-corrected chi connectivity index (χ4v) is 3.45. The molecule has 3 amide bonds. The number of hydrogen-bond acceptors (Lipinski definition) is 3. The average molecular weight is 347 g/mol. The van der Waals surface area contributed by atoms with Crippen LogP contribution in [-0.2, 0) is 14.4 Å². The Morgan fingerprint density at radius 2 is 1.88 bits per heavy atom. The van der Waals surface area contributed by atoms with Crippen molar-refractivity contribution in [3.63, 3.8) is 0 Å². The number of imide groups is 1. The van der Waals surface area contributed by atoms with Crippen LogP contribution in [0, 0.1) is 18.8 Å². The highest BCUT2D eigenvalue weighted by Gasteiger charge is 2.48. The molecule has 5 nitrogen and oxygen atoms in total. The topological polar surface area (TPSA) is 66.5 Å². The fourth-order valence-electron chi connectivity index (χ4n) is 3.19. The quantitative estimate of drug-likeness (QED) is 0.852. The molecule has 2 atom stereocenters. The number of allylic oxidation sites excluding steroid dienone is 2. The molecule has 0 aromatic heterocycles. The van der Waals surface area contributed by atoms with Crippen LogP contribution in [0.3, 0.4) is 0 Å². The molecule has 1 saturated heterocycles. The van der Waals surface area contributed by atoms with Crippen molar-refractivity contribution in [2.75, 3.05) is 11.9 Å². The molecule has 24 heavy (non-hydrogen) atoms. The van der Waals surface area contributed by atoms with Crippen LogP contribution < -0.4 is 5.32 Å². The first-order valence-corrected chi connectivity index (χ1v) is 8.40. The zero-order valence-corrected chi connectivity index (χ0v) is 14.2. The standard InChI is InChI=1S/C18H19ClN2O3/c1-11-2-5-13(6-3-11)20-16(22)8-9-21-17(23)14-7-4-12(19)10-15(14)18(21)24/h2-6,14-15H,7-10H2,1H3,(H,20,22)/t14-,15+/m1/s1. The molecule has 1 aliphatic carbocycles. The molecule has 6 heteroatoms. The van der Waals surface area contributed by atoms with Crippen LogP contribution in [-0.4, -0.2) is 29.2 Å². The first-order valence-electron chi connectivity index (χ1n) is 8.02. The zero-order chi connectivity index (χ0) is 17.3. The van der Waals surface area contributed by atoms with Gasteiger partial charge in [0.2, 0.25) is 17.7 Å². The largest absolute Gasteiger partial charge is 0.326 e. The third-order valence-corrected chi connectivity index (χ3v) is 4.87. The molecule has 1 heterocycles. The van der Waals surface area contributed by atoms with Crippen molar-refractivity contribution in [1.82, 2.24) is 4.90 Å². The van der Waals surface area contributed by atoms with Crippen LogP contribution in [0.2, 0.25) is 0 Å². The summed E-state index contributed by atoms with van der Waals surface area (Å²) in [5.41, 5.74) is 1.81. The van der Waals surface area contributed by atoms with E-state index in [4.69, 9.17) is 11.6 Å². The second kappa shape index (κ2) is 6.77. The van der Waals surface area contributed by atoms with E-state index in [0.29, 0.717) is 23.6 Å². The summed E-state index contributed by atoms with van der Waals surface area (Å²) in [6.45, 7) is 2.08. The number of nitrogens with one attached hydrogen (secondary N) is 1. The highest BCUT2D eigenvalue weighted by molar-refractivity contribution is 6.30. The van der Waals surface area contributed by atoms with Gasteiger partial charge in [-0.1, -0.05) is 35.4 Å². The maximum Gasteiger partial charge on any atom is 0.233 e. The van der Waals surface area contributed by atoms with Crippen LogP contribution in [0.4, 0.5) is 5.69 Å². The third-order valence-electron chi connectivity index (χ3n) is 4.56. The van der Waals surface area contributed by atoms with Gasteiger partial charge in [0.25, 0.3) is 0 Å². The molecule has 1 aliphatic heterocycles. The number of nitrogens with zero attached hydrogens (tertiary/aromatic N) is 1. The van der Waals surface area contributed by atoms with Gasteiger partial charge in [0.15, 0.2) is 0 Å². The fraction of sp³-hybridized carbons (Fsp3) is 0.389. The molecule has 1 aromatic rings. The molecule has 2 aliphatic rings. The normalized spacial score (nSPS) is 23.1. The van der Waals surface area contributed by atoms with Crippen LogP contribution in [0.1, 0.15) is 24.8 Å². The van der Waals surface area contributed by atoms with Gasteiger partial charge in [-0.3, -0.25) is 19.3 Å². The van der Waals surface area contributed by atoms with E-state index < -0.39 is 0 Å². The predicted molar refractivity (Wildman–Crippen MR) is 91.3 cm³/mol. The summed E-state index contributed by atoms with van der Waals surface area (Å²) < 4.78 is 0. The van der Waals surface area contributed by atoms with Gasteiger partial charge >= 0.3 is 0 Å². The maximum atomic E-state index is 12.4. The molecule has 0 unspecified atom stereocenters. The summed E-state index contributed by atoms with van der Waals surface area (Å²) in [6, 6.07) is 7.46. The summed E-state index contributed by atoms with van der Waals surface area (Å²) in [5.74, 6) is -1.30. The van der Waals surface area contributed by atoms with E-state index in [1.165, 1.54) is 4.90 Å². The second-order valence-electron chi connectivity index (χ2n) is 6.30. The van der Waals surface area contributed by atoms with Gasteiger partial charge in [0.05, 0.1) is 11.8 Å². The van der Waals surface area contributed by atoms with Gasteiger partial charge in [-0.25, -0.2) is 0 Å². The number of carbonyl (C=O) groups excluding carboxylic acids is 3. The molecule has 0 saturated carbocycles. The average Bonchev–Trinajstić information content (AvgIpc) is 2.78. The van der Waals surface area contributed by atoms with E-state index in [1.807, 2.05) is 37.3 Å². The Kier molecular flexibility index (Phi) is 4.71. The lowest BCUT2D eigenvalue weighted by Gasteiger charge is -2.17. The summed E-state index contributed by atoms with van der Waals surface area (Å²) in [7, 11) is 0. The van der Waals surface area contributed by atoms with Crippen molar-refractivity contribution >= 4 is 35.0 Å². The number of halogens is 1. The Balaban J connectivity index is 1.57. The Labute approximate surface area is 145 Å². The summed E-state index contributed by atoms with van der Waals surface area (Å²) in [4.78, 5) is 38.0. The van der Waals surface area contributed by atoms with Crippen molar-refractivity contribution in [1.29, 1.82) is 0 Å². The van der Waals surface area contributed by atoms with Crippen molar-refractivity contribution in [3.8, 4) is 0 Å². The molecule has 3 rings (SSSR count). The first-order chi connectivity index (χ1) is 11.5. The van der Waals surface area contributed by atoms with E-state index in [2.05, 4.69) is 5.32 Å². The third kappa shape index (κ3) is 3.36. The predicted octanol–water partition coefficient (Wildman–Crippen LogP) is 2.84. The second-order valence-corrected chi connectivity index (χ2v) is 6.78. The maximum absolute atomic E-state index is 12.4. The smallest absolute Gasteiger partial charge is 0.233 e. The molecule has 1 fully saturated rings. The van der Waals surface area contributed by atoms with E-state index in [0.717, 1.165) is 5.56 Å². The Bertz CT molecular complexity index is 711. The van der Waals surface area contributed by atoms with Crippen LogP contribution in [0.5, 0.6) is 0 Å². The first kappa shape index (κ1) is 16.7. The minimum atomic E-state index is -0.366. The summed E-state index contributed by atoms with van der Waals surface area (Å²) in [5, 5.41) is 3.41. The van der Waals surface area contributed by atoms with Crippen molar-refractivity contribution in [2.24, 2.45) is 11.8 Å². The lowest BCUT2D eigenvalue weighted by Crippen LogP contribution is -2.34. The van der Waals surface area contributed by atoms with E-state index in [1.54, 1.807) is 0 Å². The van der Waals surface area contributed by atoms with Gasteiger partial charge in [-0.05, 0) is 31.9 Å². The Morgan fingerprint density at radius 1 is 1.21 bits per heavy atom. The highest BCUT2D eigenvalue weighted by atomic mass is 35.5. The number of fused-ring (bicyclic) bond motifs is 1. The van der Waals surface area contributed by atoms with Gasteiger partial charge in [0.1, 0.15) is 0 Å². The van der Waals surface area contributed by atoms with Gasteiger partial charge in [0, 0.05) is 23.7 Å². The van der Waals surface area contributed by atoms with Crippen LogP contribution >= 0.6 is 11.6 Å². The number of likely N-dealkylation sites (tertiary alicyclic amines) is 1. The molecule has 0 bridgehead atoms.